The van der Waals surface area contributed by atoms with Crippen LogP contribution in [0.5, 0.6) is 0 Å². The van der Waals surface area contributed by atoms with Crippen LogP contribution in [0.4, 0.5) is 0 Å². The van der Waals surface area contributed by atoms with Crippen molar-refractivity contribution < 1.29 is 19.8 Å². The Hall–Kier alpha value is -2.00. The molecule has 0 saturated heterocycles. The number of rotatable bonds is 16. The molecule has 0 amide bonds. The Balaban J connectivity index is 0. The van der Waals surface area contributed by atoms with Crippen LogP contribution in [-0.4, -0.2) is 48.3 Å². The maximum Gasteiger partial charge on any atom is 0.335 e. The van der Waals surface area contributed by atoms with E-state index in [1.165, 1.54) is 88.5 Å². The largest absolute Gasteiger partial charge is 0.478 e. The minimum absolute atomic E-state index is 0.0833. The summed E-state index contributed by atoms with van der Waals surface area (Å²) in [7, 11) is 0. The van der Waals surface area contributed by atoms with Gasteiger partial charge in [0.1, 0.15) is 0 Å². The SMILES string of the molecule is NCCCCCCCCCCN.NCCCCCCN.O=C(O)c1ccc(C(=O)O)cc1. The van der Waals surface area contributed by atoms with E-state index in [1.807, 2.05) is 0 Å². The number of benzene rings is 1. The molecule has 8 nitrogen and oxygen atoms in total. The Bertz CT molecular complexity index is 504. The Morgan fingerprint density at radius 3 is 0.812 bits per heavy atom. The Morgan fingerprint density at radius 2 is 0.656 bits per heavy atom. The van der Waals surface area contributed by atoms with Gasteiger partial charge >= 0.3 is 11.9 Å². The smallest absolute Gasteiger partial charge is 0.335 e. The number of hydrogen-bond donors (Lipinski definition) is 6. The zero-order chi connectivity index (χ0) is 24.5. The molecule has 0 unspecified atom stereocenters. The van der Waals surface area contributed by atoms with Crippen LogP contribution in [0.1, 0.15) is 97.8 Å². The average Bonchev–Trinajstić information content (AvgIpc) is 2.79. The van der Waals surface area contributed by atoms with Gasteiger partial charge in [0, 0.05) is 0 Å². The molecule has 0 aliphatic heterocycles. The van der Waals surface area contributed by atoms with Crippen LogP contribution < -0.4 is 22.9 Å². The number of hydrogen-bond acceptors (Lipinski definition) is 6. The third-order valence-corrected chi connectivity index (χ3v) is 4.70. The number of carboxylic acids is 2. The summed E-state index contributed by atoms with van der Waals surface area (Å²) in [6, 6.07) is 5.02. The molecule has 186 valence electrons. The molecule has 0 bridgehead atoms. The van der Waals surface area contributed by atoms with E-state index in [0.29, 0.717) is 0 Å². The van der Waals surface area contributed by atoms with Crippen LogP contribution in [0.25, 0.3) is 0 Å². The minimum Gasteiger partial charge on any atom is -0.478 e. The summed E-state index contributed by atoms with van der Waals surface area (Å²) in [5, 5.41) is 16.9. The fourth-order valence-corrected chi connectivity index (χ4v) is 2.75. The summed E-state index contributed by atoms with van der Waals surface area (Å²) >= 11 is 0. The molecular weight excluding hydrogens is 408 g/mol. The van der Waals surface area contributed by atoms with Crippen LogP contribution in [0.2, 0.25) is 0 Å². The first-order chi connectivity index (χ1) is 15.4. The van der Waals surface area contributed by atoms with Crippen molar-refractivity contribution in [1.29, 1.82) is 0 Å². The predicted molar refractivity (Wildman–Crippen MR) is 132 cm³/mol. The minimum atomic E-state index is -1.06. The quantitative estimate of drug-likeness (QED) is 0.205. The van der Waals surface area contributed by atoms with E-state index in [0.717, 1.165) is 39.0 Å². The van der Waals surface area contributed by atoms with E-state index in [1.54, 1.807) is 0 Å². The molecule has 1 aromatic rings. The molecule has 10 N–H and O–H groups in total. The van der Waals surface area contributed by atoms with E-state index in [9.17, 15) is 9.59 Å². The van der Waals surface area contributed by atoms with Gasteiger partial charge in [0.25, 0.3) is 0 Å². The lowest BCUT2D eigenvalue weighted by Gasteiger charge is -2.00. The van der Waals surface area contributed by atoms with Crippen LogP contribution in [0, 0.1) is 0 Å². The molecule has 1 rings (SSSR count). The molecule has 0 aliphatic rings. The first-order valence-electron chi connectivity index (χ1n) is 11.8. The van der Waals surface area contributed by atoms with Crippen LogP contribution in [0.15, 0.2) is 24.3 Å². The number of nitrogens with two attached hydrogens (primary N) is 4. The summed E-state index contributed by atoms with van der Waals surface area (Å²) in [4.78, 5) is 20.7. The van der Waals surface area contributed by atoms with Gasteiger partial charge in [0.05, 0.1) is 11.1 Å². The molecular formula is C24H46N4O4. The second-order valence-electron chi connectivity index (χ2n) is 7.58. The highest BCUT2D eigenvalue weighted by molar-refractivity contribution is 5.91. The van der Waals surface area contributed by atoms with Gasteiger partial charge in [-0.25, -0.2) is 9.59 Å². The molecule has 8 heteroatoms. The third kappa shape index (κ3) is 22.7. The summed E-state index contributed by atoms with van der Waals surface area (Å²) < 4.78 is 0. The van der Waals surface area contributed by atoms with Crippen molar-refractivity contribution in [2.24, 2.45) is 22.9 Å². The predicted octanol–water partition coefficient (Wildman–Crippen LogP) is 3.57. The topological polar surface area (TPSA) is 179 Å². The van der Waals surface area contributed by atoms with Crippen molar-refractivity contribution in [3.8, 4) is 0 Å². The highest BCUT2D eigenvalue weighted by atomic mass is 16.4. The zero-order valence-corrected chi connectivity index (χ0v) is 19.6. The molecule has 0 heterocycles. The highest BCUT2D eigenvalue weighted by Gasteiger charge is 2.04. The molecule has 0 radical (unpaired) electrons. The standard InChI is InChI=1S/C10H24N2.C8H6O4.C6H16N2/c11-9-7-5-3-1-2-4-6-8-10-12;9-7(10)5-1-2-6(4-3-5)8(11)12;7-5-3-1-2-4-6-8/h1-12H2;1-4H,(H,9,10)(H,11,12);1-8H2. The first kappa shape index (κ1) is 32.2. The van der Waals surface area contributed by atoms with E-state index >= 15 is 0 Å². The maximum atomic E-state index is 10.3. The van der Waals surface area contributed by atoms with E-state index in [2.05, 4.69) is 0 Å². The molecule has 0 saturated carbocycles. The number of aromatic carboxylic acids is 2. The second kappa shape index (κ2) is 25.3. The van der Waals surface area contributed by atoms with Gasteiger partial charge in [-0.3, -0.25) is 0 Å². The summed E-state index contributed by atoms with van der Waals surface area (Å²) in [5.41, 5.74) is 21.5. The normalized spacial score (nSPS) is 9.88. The fourth-order valence-electron chi connectivity index (χ4n) is 2.75. The Labute approximate surface area is 193 Å². The molecule has 0 aliphatic carbocycles. The first-order valence-corrected chi connectivity index (χ1v) is 11.8. The molecule has 0 atom stereocenters. The summed E-state index contributed by atoms with van der Waals surface area (Å²) in [5.74, 6) is -2.13. The highest BCUT2D eigenvalue weighted by Crippen LogP contribution is 2.07. The van der Waals surface area contributed by atoms with Gasteiger partial charge in [-0.05, 0) is 76.1 Å². The number of carbonyl (C=O) groups is 2. The fraction of sp³-hybridized carbons (Fsp3) is 0.667. The van der Waals surface area contributed by atoms with E-state index in [4.69, 9.17) is 33.1 Å². The van der Waals surface area contributed by atoms with Crippen LogP contribution in [0.3, 0.4) is 0 Å². The van der Waals surface area contributed by atoms with Gasteiger partial charge in [0.2, 0.25) is 0 Å². The molecule has 32 heavy (non-hydrogen) atoms. The van der Waals surface area contributed by atoms with E-state index < -0.39 is 11.9 Å². The van der Waals surface area contributed by atoms with Crippen molar-refractivity contribution in [3.05, 3.63) is 35.4 Å². The molecule has 1 aromatic carbocycles. The molecule has 0 spiro atoms. The lowest BCUT2D eigenvalue weighted by Crippen LogP contribution is -2.00. The van der Waals surface area contributed by atoms with Gasteiger partial charge < -0.3 is 33.1 Å². The van der Waals surface area contributed by atoms with Crippen LogP contribution >= 0.6 is 0 Å². The van der Waals surface area contributed by atoms with Crippen molar-refractivity contribution in [1.82, 2.24) is 0 Å². The third-order valence-electron chi connectivity index (χ3n) is 4.70. The average molecular weight is 455 g/mol. The zero-order valence-electron chi connectivity index (χ0n) is 19.6. The monoisotopic (exact) mass is 454 g/mol. The number of unbranched alkanes of at least 4 members (excludes halogenated alkanes) is 10. The van der Waals surface area contributed by atoms with Crippen molar-refractivity contribution >= 4 is 11.9 Å². The van der Waals surface area contributed by atoms with Gasteiger partial charge in [0.15, 0.2) is 0 Å². The molecule has 0 aromatic heterocycles. The number of carboxylic acid groups (broad SMARTS) is 2. The van der Waals surface area contributed by atoms with E-state index in [-0.39, 0.29) is 11.1 Å². The lowest BCUT2D eigenvalue weighted by atomic mass is 10.1. The van der Waals surface area contributed by atoms with Crippen molar-refractivity contribution in [2.45, 2.75) is 77.0 Å². The van der Waals surface area contributed by atoms with Gasteiger partial charge in [-0.15, -0.1) is 0 Å². The van der Waals surface area contributed by atoms with Crippen LogP contribution in [-0.2, 0) is 0 Å². The van der Waals surface area contributed by atoms with Gasteiger partial charge in [-0.1, -0.05) is 51.4 Å². The Morgan fingerprint density at radius 1 is 0.469 bits per heavy atom. The second-order valence-corrected chi connectivity index (χ2v) is 7.58. The summed E-state index contributed by atoms with van der Waals surface area (Å²) in [6.45, 7) is 3.36. The van der Waals surface area contributed by atoms with Crippen molar-refractivity contribution in [3.63, 3.8) is 0 Å². The summed E-state index contributed by atoms with van der Waals surface area (Å²) in [6.07, 6.45) is 15.3. The maximum absolute atomic E-state index is 10.3. The van der Waals surface area contributed by atoms with Gasteiger partial charge in [-0.2, -0.15) is 0 Å². The molecule has 0 fully saturated rings. The Kier molecular flexibility index (Phi) is 25.4. The lowest BCUT2D eigenvalue weighted by molar-refractivity contribution is 0.0681. The van der Waals surface area contributed by atoms with Crippen molar-refractivity contribution in [2.75, 3.05) is 26.2 Å².